The van der Waals surface area contributed by atoms with E-state index in [-0.39, 0.29) is 17.5 Å². The maximum Gasteiger partial charge on any atom is 0.329 e. The molecule has 0 amide bonds. The van der Waals surface area contributed by atoms with E-state index in [1.165, 1.54) is 5.56 Å². The van der Waals surface area contributed by atoms with Crippen LogP contribution in [0.25, 0.3) is 0 Å². The lowest BCUT2D eigenvalue weighted by Gasteiger charge is -2.22. The van der Waals surface area contributed by atoms with Gasteiger partial charge in [-0.2, -0.15) is 4.98 Å². The van der Waals surface area contributed by atoms with Gasteiger partial charge in [0.2, 0.25) is 11.8 Å². The van der Waals surface area contributed by atoms with Crippen molar-refractivity contribution in [2.24, 2.45) is 0 Å². The Labute approximate surface area is 115 Å². The average Bonchev–Trinajstić information content (AvgIpc) is 2.73. The Morgan fingerprint density at radius 3 is 2.90 bits per heavy atom. The van der Waals surface area contributed by atoms with Crippen molar-refractivity contribution in [3.63, 3.8) is 0 Å². The second-order valence-electron chi connectivity index (χ2n) is 4.75. The summed E-state index contributed by atoms with van der Waals surface area (Å²) in [5, 5.41) is 10.7. The number of rotatable bonds is 2. The molecule has 1 aromatic heterocycles. The number of nitrogens with two attached hydrogens (primary N) is 1. The highest BCUT2D eigenvalue weighted by Gasteiger charge is 2.29. The Balaban J connectivity index is 2.06. The molecule has 1 aromatic carbocycles. The van der Waals surface area contributed by atoms with Crippen LogP contribution in [-0.4, -0.2) is 20.9 Å². The number of benzene rings is 1. The van der Waals surface area contributed by atoms with Gasteiger partial charge < -0.3 is 10.6 Å². The maximum atomic E-state index is 10.7. The summed E-state index contributed by atoms with van der Waals surface area (Å²) >= 11 is 0. The summed E-state index contributed by atoms with van der Waals surface area (Å²) in [5.41, 5.74) is 7.60. The van der Waals surface area contributed by atoms with Gasteiger partial charge in [-0.3, -0.25) is 10.1 Å². The van der Waals surface area contributed by atoms with Crippen molar-refractivity contribution in [1.82, 2.24) is 9.97 Å². The van der Waals surface area contributed by atoms with Crippen LogP contribution in [-0.2, 0) is 6.42 Å². The lowest BCUT2D eigenvalue weighted by molar-refractivity contribution is -0.384. The van der Waals surface area contributed by atoms with Crippen LogP contribution in [0.15, 0.2) is 30.5 Å². The van der Waals surface area contributed by atoms with Gasteiger partial charge in [0.1, 0.15) is 6.20 Å². The summed E-state index contributed by atoms with van der Waals surface area (Å²) in [6.45, 7) is 2.06. The highest BCUT2D eigenvalue weighted by molar-refractivity contribution is 5.68. The molecular weight excluding hydrogens is 258 g/mol. The fourth-order valence-corrected chi connectivity index (χ4v) is 2.51. The van der Waals surface area contributed by atoms with Crippen molar-refractivity contribution in [2.75, 3.05) is 10.6 Å². The first kappa shape index (κ1) is 12.3. The first-order chi connectivity index (χ1) is 9.58. The molecule has 7 nitrogen and oxygen atoms in total. The third-order valence-corrected chi connectivity index (χ3v) is 3.40. The van der Waals surface area contributed by atoms with Crippen LogP contribution in [0.1, 0.15) is 12.5 Å². The molecule has 1 aliphatic rings. The Kier molecular flexibility index (Phi) is 2.74. The van der Waals surface area contributed by atoms with Gasteiger partial charge in [-0.05, 0) is 25.0 Å². The topological polar surface area (TPSA) is 98.2 Å². The predicted molar refractivity (Wildman–Crippen MR) is 74.8 cm³/mol. The van der Waals surface area contributed by atoms with E-state index in [1.807, 2.05) is 23.1 Å². The van der Waals surface area contributed by atoms with Crippen molar-refractivity contribution >= 4 is 23.1 Å². The molecule has 1 atom stereocenters. The van der Waals surface area contributed by atoms with Gasteiger partial charge in [0.05, 0.1) is 4.92 Å². The van der Waals surface area contributed by atoms with E-state index in [0.29, 0.717) is 5.95 Å². The number of nitro groups is 1. The third-order valence-electron chi connectivity index (χ3n) is 3.40. The molecule has 102 valence electrons. The molecule has 0 saturated heterocycles. The van der Waals surface area contributed by atoms with Crippen molar-refractivity contribution in [3.05, 3.63) is 46.1 Å². The molecule has 2 N–H and O–H groups in total. The van der Waals surface area contributed by atoms with Crippen molar-refractivity contribution in [3.8, 4) is 0 Å². The van der Waals surface area contributed by atoms with Crippen LogP contribution in [0, 0.1) is 10.1 Å². The number of nitrogen functional groups attached to an aromatic ring is 1. The van der Waals surface area contributed by atoms with Gasteiger partial charge in [0.25, 0.3) is 0 Å². The molecule has 0 fully saturated rings. The van der Waals surface area contributed by atoms with E-state index < -0.39 is 4.92 Å². The molecular formula is C13H13N5O2. The third kappa shape index (κ3) is 1.83. The van der Waals surface area contributed by atoms with Crippen LogP contribution in [0.5, 0.6) is 0 Å². The van der Waals surface area contributed by atoms with Crippen LogP contribution in [0.3, 0.4) is 0 Å². The van der Waals surface area contributed by atoms with Gasteiger partial charge >= 0.3 is 5.69 Å². The summed E-state index contributed by atoms with van der Waals surface area (Å²) in [7, 11) is 0. The number of para-hydroxylation sites is 1. The minimum Gasteiger partial charge on any atom is -0.378 e. The maximum absolute atomic E-state index is 10.7. The Hall–Kier alpha value is -2.70. The molecule has 20 heavy (non-hydrogen) atoms. The Morgan fingerprint density at radius 1 is 1.45 bits per heavy atom. The number of aromatic nitrogens is 2. The summed E-state index contributed by atoms with van der Waals surface area (Å²) in [6, 6.07) is 8.16. The highest BCUT2D eigenvalue weighted by Crippen LogP contribution is 2.37. The summed E-state index contributed by atoms with van der Waals surface area (Å²) in [5.74, 6) is 0.280. The van der Waals surface area contributed by atoms with Crippen LogP contribution >= 0.6 is 0 Å². The largest absolute Gasteiger partial charge is 0.378 e. The molecule has 7 heteroatoms. The van der Waals surface area contributed by atoms with Crippen LogP contribution in [0.2, 0.25) is 0 Å². The molecule has 0 saturated carbocycles. The smallest absolute Gasteiger partial charge is 0.329 e. The second-order valence-corrected chi connectivity index (χ2v) is 4.75. The van der Waals surface area contributed by atoms with Crippen LogP contribution < -0.4 is 10.6 Å². The minimum atomic E-state index is -0.583. The van der Waals surface area contributed by atoms with E-state index >= 15 is 0 Å². The lowest BCUT2D eigenvalue weighted by atomic mass is 10.1. The standard InChI is InChI=1S/C13H13N5O2/c1-8-6-9-4-2-3-5-10(9)17(8)13-15-7-11(18(19)20)12(14)16-13/h2-5,7-8H,6H2,1H3,(H2,14,15,16). The zero-order chi connectivity index (χ0) is 14.3. The predicted octanol–water partition coefficient (Wildman–Crippen LogP) is 2.05. The molecule has 3 rings (SSSR count). The molecule has 0 spiro atoms. The van der Waals surface area contributed by atoms with Crippen molar-refractivity contribution in [1.29, 1.82) is 0 Å². The summed E-state index contributed by atoms with van der Waals surface area (Å²) in [4.78, 5) is 20.3. The van der Waals surface area contributed by atoms with Gasteiger partial charge in [-0.15, -0.1) is 0 Å². The summed E-state index contributed by atoms with van der Waals surface area (Å²) in [6.07, 6.45) is 2.04. The fourth-order valence-electron chi connectivity index (χ4n) is 2.51. The molecule has 1 unspecified atom stereocenters. The molecule has 0 radical (unpaired) electrons. The summed E-state index contributed by atoms with van der Waals surface area (Å²) < 4.78 is 0. The molecule has 1 aliphatic heterocycles. The molecule has 2 heterocycles. The lowest BCUT2D eigenvalue weighted by Crippen LogP contribution is -2.26. The van der Waals surface area contributed by atoms with Gasteiger partial charge in [0, 0.05) is 11.7 Å². The first-order valence-electron chi connectivity index (χ1n) is 6.22. The monoisotopic (exact) mass is 271 g/mol. The number of fused-ring (bicyclic) bond motifs is 1. The Morgan fingerprint density at radius 2 is 2.20 bits per heavy atom. The Bertz CT molecular complexity index is 688. The molecule has 0 aliphatic carbocycles. The van der Waals surface area contributed by atoms with E-state index in [9.17, 15) is 10.1 Å². The zero-order valence-corrected chi connectivity index (χ0v) is 10.9. The first-order valence-corrected chi connectivity index (χ1v) is 6.22. The van der Waals surface area contributed by atoms with E-state index in [4.69, 9.17) is 5.73 Å². The van der Waals surface area contributed by atoms with Crippen molar-refractivity contribution in [2.45, 2.75) is 19.4 Å². The minimum absolute atomic E-state index is 0.114. The van der Waals surface area contributed by atoms with Gasteiger partial charge in [-0.25, -0.2) is 4.98 Å². The number of hydrogen-bond donors (Lipinski definition) is 1. The number of nitrogens with zero attached hydrogens (tertiary/aromatic N) is 4. The van der Waals surface area contributed by atoms with Gasteiger partial charge in [-0.1, -0.05) is 18.2 Å². The van der Waals surface area contributed by atoms with E-state index in [2.05, 4.69) is 23.0 Å². The highest BCUT2D eigenvalue weighted by atomic mass is 16.6. The number of hydrogen-bond acceptors (Lipinski definition) is 6. The fraction of sp³-hybridized carbons (Fsp3) is 0.231. The zero-order valence-electron chi connectivity index (χ0n) is 10.9. The SMILES string of the molecule is CC1Cc2ccccc2N1c1ncc([N+](=O)[O-])c(N)n1. The molecule has 2 aromatic rings. The van der Waals surface area contributed by atoms with Crippen molar-refractivity contribution < 1.29 is 4.92 Å². The normalized spacial score (nSPS) is 17.1. The number of anilines is 3. The quantitative estimate of drug-likeness (QED) is 0.663. The van der Waals surface area contributed by atoms with E-state index in [1.54, 1.807) is 0 Å². The second kappa shape index (κ2) is 4.44. The van der Waals surface area contributed by atoms with Gasteiger partial charge in [0.15, 0.2) is 0 Å². The van der Waals surface area contributed by atoms with E-state index in [0.717, 1.165) is 18.3 Å². The molecule has 0 bridgehead atoms. The van der Waals surface area contributed by atoms with Crippen LogP contribution in [0.4, 0.5) is 23.1 Å². The average molecular weight is 271 g/mol.